The van der Waals surface area contributed by atoms with E-state index in [0.717, 1.165) is 0 Å². The van der Waals surface area contributed by atoms with Gasteiger partial charge in [0.2, 0.25) is 0 Å². The number of piperidine rings is 1. The summed E-state index contributed by atoms with van der Waals surface area (Å²) in [5.41, 5.74) is 1.39. The Kier molecular flexibility index (Phi) is 3.79. The number of likely N-dealkylation sites (N-methyl/N-ethyl adjacent to an activating group) is 1. The van der Waals surface area contributed by atoms with E-state index in [9.17, 15) is 0 Å². The standard InChI is InChI=1S/C14H21N/c1-15-12-6-5-9-14(15)11-10-13-7-3-2-4-8-13/h3,7-8,10-11,14H,2,4-6,9,12H2,1H3/b11-10+. The van der Waals surface area contributed by atoms with Crippen molar-refractivity contribution in [2.75, 3.05) is 13.6 Å². The molecule has 1 aliphatic heterocycles. The van der Waals surface area contributed by atoms with Gasteiger partial charge in [-0.1, -0.05) is 36.8 Å². The summed E-state index contributed by atoms with van der Waals surface area (Å²) >= 11 is 0. The molecule has 0 radical (unpaired) electrons. The van der Waals surface area contributed by atoms with Crippen LogP contribution in [0.3, 0.4) is 0 Å². The predicted molar refractivity (Wildman–Crippen MR) is 65.9 cm³/mol. The van der Waals surface area contributed by atoms with Crippen LogP contribution in [0.25, 0.3) is 0 Å². The Morgan fingerprint density at radius 2 is 2.27 bits per heavy atom. The predicted octanol–water partition coefficient (Wildman–Crippen LogP) is 3.30. The topological polar surface area (TPSA) is 3.24 Å². The molecule has 0 aromatic heterocycles. The third-order valence-corrected chi connectivity index (χ3v) is 3.36. The third kappa shape index (κ3) is 3.07. The second kappa shape index (κ2) is 5.32. The van der Waals surface area contributed by atoms with Gasteiger partial charge in [0.1, 0.15) is 0 Å². The van der Waals surface area contributed by atoms with E-state index in [2.05, 4.69) is 42.3 Å². The minimum Gasteiger partial charge on any atom is -0.300 e. The Bertz CT molecular complexity index is 286. The first-order chi connectivity index (χ1) is 7.36. The number of nitrogens with zero attached hydrogens (tertiary/aromatic N) is 1. The van der Waals surface area contributed by atoms with Gasteiger partial charge in [-0.05, 0) is 44.8 Å². The average Bonchev–Trinajstić information content (AvgIpc) is 2.29. The van der Waals surface area contributed by atoms with Gasteiger partial charge < -0.3 is 0 Å². The van der Waals surface area contributed by atoms with E-state index in [1.807, 2.05) is 0 Å². The number of likely N-dealkylation sites (tertiary alicyclic amines) is 1. The van der Waals surface area contributed by atoms with Crippen molar-refractivity contribution < 1.29 is 0 Å². The van der Waals surface area contributed by atoms with Gasteiger partial charge in [0.25, 0.3) is 0 Å². The van der Waals surface area contributed by atoms with E-state index in [1.165, 1.54) is 44.2 Å². The summed E-state index contributed by atoms with van der Waals surface area (Å²) in [5, 5.41) is 0. The minimum absolute atomic E-state index is 0.662. The van der Waals surface area contributed by atoms with Crippen molar-refractivity contribution in [1.29, 1.82) is 0 Å². The fourth-order valence-electron chi connectivity index (χ4n) is 2.32. The molecule has 1 heteroatoms. The van der Waals surface area contributed by atoms with Crippen LogP contribution in [0.4, 0.5) is 0 Å². The Balaban J connectivity index is 1.91. The zero-order valence-corrected chi connectivity index (χ0v) is 9.65. The van der Waals surface area contributed by atoms with E-state index in [0.29, 0.717) is 6.04 Å². The van der Waals surface area contributed by atoms with Gasteiger partial charge in [-0.2, -0.15) is 0 Å². The zero-order chi connectivity index (χ0) is 10.5. The molecule has 1 fully saturated rings. The second-order valence-electron chi connectivity index (χ2n) is 4.59. The summed E-state index contributed by atoms with van der Waals surface area (Å²) in [6.45, 7) is 1.25. The molecule has 0 amide bonds. The fraction of sp³-hybridized carbons (Fsp3) is 0.571. The Hall–Kier alpha value is -0.820. The molecule has 0 saturated carbocycles. The van der Waals surface area contributed by atoms with Crippen LogP contribution in [-0.2, 0) is 0 Å². The van der Waals surface area contributed by atoms with E-state index >= 15 is 0 Å². The number of hydrogen-bond donors (Lipinski definition) is 0. The smallest absolute Gasteiger partial charge is 0.0278 e. The van der Waals surface area contributed by atoms with Gasteiger partial charge >= 0.3 is 0 Å². The van der Waals surface area contributed by atoms with Crippen LogP contribution in [0, 0.1) is 0 Å². The van der Waals surface area contributed by atoms with Gasteiger partial charge in [0, 0.05) is 6.04 Å². The molecule has 1 heterocycles. The first-order valence-electron chi connectivity index (χ1n) is 6.11. The highest BCUT2D eigenvalue weighted by Crippen LogP contribution is 2.17. The summed E-state index contributed by atoms with van der Waals surface area (Å²) in [5.74, 6) is 0. The van der Waals surface area contributed by atoms with Crippen LogP contribution in [0.1, 0.15) is 32.1 Å². The van der Waals surface area contributed by atoms with E-state index in [-0.39, 0.29) is 0 Å². The van der Waals surface area contributed by atoms with Crippen LogP contribution < -0.4 is 0 Å². The van der Waals surface area contributed by atoms with Crippen molar-refractivity contribution in [3.05, 3.63) is 36.0 Å². The largest absolute Gasteiger partial charge is 0.300 e. The molecular formula is C14H21N. The summed E-state index contributed by atoms with van der Waals surface area (Å²) in [6, 6.07) is 0.662. The number of rotatable bonds is 2. The highest BCUT2D eigenvalue weighted by atomic mass is 15.1. The lowest BCUT2D eigenvalue weighted by Gasteiger charge is -2.30. The quantitative estimate of drug-likeness (QED) is 0.665. The summed E-state index contributed by atoms with van der Waals surface area (Å²) in [7, 11) is 2.24. The van der Waals surface area contributed by atoms with E-state index in [1.54, 1.807) is 0 Å². The van der Waals surface area contributed by atoms with E-state index < -0.39 is 0 Å². The molecule has 0 spiro atoms. The van der Waals surface area contributed by atoms with Crippen molar-refractivity contribution >= 4 is 0 Å². The fourth-order valence-corrected chi connectivity index (χ4v) is 2.32. The molecule has 15 heavy (non-hydrogen) atoms. The molecule has 2 aliphatic rings. The monoisotopic (exact) mass is 203 g/mol. The number of allylic oxidation sites excluding steroid dienone is 5. The van der Waals surface area contributed by atoms with Crippen LogP contribution in [0.2, 0.25) is 0 Å². The first kappa shape index (κ1) is 10.7. The highest BCUT2D eigenvalue weighted by molar-refractivity contribution is 5.33. The molecule has 82 valence electrons. The van der Waals surface area contributed by atoms with Crippen molar-refractivity contribution in [2.24, 2.45) is 0 Å². The van der Waals surface area contributed by atoms with Gasteiger partial charge in [0.15, 0.2) is 0 Å². The third-order valence-electron chi connectivity index (χ3n) is 3.36. The summed E-state index contributed by atoms with van der Waals surface area (Å²) < 4.78 is 0. The SMILES string of the molecule is CN1CCCCC1/C=C/C1=CCCC=C1. The summed E-state index contributed by atoms with van der Waals surface area (Å²) in [4.78, 5) is 2.47. The highest BCUT2D eigenvalue weighted by Gasteiger charge is 2.15. The molecule has 0 N–H and O–H groups in total. The molecule has 1 aliphatic carbocycles. The Morgan fingerprint density at radius 3 is 3.00 bits per heavy atom. The Labute approximate surface area is 93.2 Å². The van der Waals surface area contributed by atoms with E-state index in [4.69, 9.17) is 0 Å². The van der Waals surface area contributed by atoms with Crippen molar-refractivity contribution in [3.8, 4) is 0 Å². The van der Waals surface area contributed by atoms with Gasteiger partial charge in [0.05, 0.1) is 0 Å². The number of hydrogen-bond acceptors (Lipinski definition) is 1. The van der Waals surface area contributed by atoms with Crippen LogP contribution in [-0.4, -0.2) is 24.5 Å². The molecule has 0 bridgehead atoms. The lowest BCUT2D eigenvalue weighted by atomic mass is 10.0. The maximum absolute atomic E-state index is 2.47. The van der Waals surface area contributed by atoms with Crippen LogP contribution >= 0.6 is 0 Å². The zero-order valence-electron chi connectivity index (χ0n) is 9.65. The van der Waals surface area contributed by atoms with Gasteiger partial charge in [-0.25, -0.2) is 0 Å². The molecule has 1 unspecified atom stereocenters. The van der Waals surface area contributed by atoms with Crippen molar-refractivity contribution in [3.63, 3.8) is 0 Å². The maximum atomic E-state index is 2.47. The molecule has 2 rings (SSSR count). The lowest BCUT2D eigenvalue weighted by Crippen LogP contribution is -2.34. The average molecular weight is 203 g/mol. The molecule has 0 aromatic carbocycles. The summed E-state index contributed by atoms with van der Waals surface area (Å²) in [6.07, 6.45) is 18.0. The van der Waals surface area contributed by atoms with Crippen molar-refractivity contribution in [2.45, 2.75) is 38.1 Å². The van der Waals surface area contributed by atoms with Gasteiger partial charge in [-0.15, -0.1) is 0 Å². The first-order valence-corrected chi connectivity index (χ1v) is 6.11. The van der Waals surface area contributed by atoms with Crippen LogP contribution in [0.15, 0.2) is 36.0 Å². The van der Waals surface area contributed by atoms with Crippen LogP contribution in [0.5, 0.6) is 0 Å². The lowest BCUT2D eigenvalue weighted by molar-refractivity contribution is 0.222. The Morgan fingerprint density at radius 1 is 1.33 bits per heavy atom. The molecular weight excluding hydrogens is 182 g/mol. The second-order valence-corrected chi connectivity index (χ2v) is 4.59. The van der Waals surface area contributed by atoms with Gasteiger partial charge in [-0.3, -0.25) is 4.90 Å². The molecule has 1 nitrogen and oxygen atoms in total. The maximum Gasteiger partial charge on any atom is 0.0278 e. The molecule has 1 saturated heterocycles. The van der Waals surface area contributed by atoms with Crippen molar-refractivity contribution in [1.82, 2.24) is 4.90 Å². The molecule has 1 atom stereocenters. The minimum atomic E-state index is 0.662. The molecule has 0 aromatic rings. The normalized spacial score (nSPS) is 28.3.